The van der Waals surface area contributed by atoms with E-state index in [2.05, 4.69) is 20.9 Å². The van der Waals surface area contributed by atoms with E-state index in [9.17, 15) is 4.79 Å². The van der Waals surface area contributed by atoms with Crippen molar-refractivity contribution >= 4 is 38.5 Å². The van der Waals surface area contributed by atoms with E-state index in [1.807, 2.05) is 6.07 Å². The van der Waals surface area contributed by atoms with Gasteiger partial charge in [-0.1, -0.05) is 15.9 Å². The summed E-state index contributed by atoms with van der Waals surface area (Å²) in [6.07, 6.45) is 0. The molecule has 84 valence electrons. The van der Waals surface area contributed by atoms with Gasteiger partial charge in [0.2, 0.25) is 0 Å². The molecule has 0 radical (unpaired) electrons. The molecule has 3 N–H and O–H groups in total. The summed E-state index contributed by atoms with van der Waals surface area (Å²) < 4.78 is 5.78. The number of nitrogens with one attached hydrogen (secondary N) is 1. The van der Waals surface area contributed by atoms with Gasteiger partial charge in [0.25, 0.3) is 0 Å². The summed E-state index contributed by atoms with van der Waals surface area (Å²) in [5.74, 6) is -0.366. The third-order valence-corrected chi connectivity index (χ3v) is 2.69. The summed E-state index contributed by atoms with van der Waals surface area (Å²) >= 11 is 3.34. The van der Waals surface area contributed by atoms with Crippen LogP contribution in [0.4, 0.5) is 5.69 Å². The molecule has 0 bridgehead atoms. The average molecular weight is 283 g/mol. The van der Waals surface area contributed by atoms with Crippen LogP contribution in [0, 0.1) is 0 Å². The van der Waals surface area contributed by atoms with Crippen molar-refractivity contribution in [3.05, 3.63) is 28.4 Å². The van der Waals surface area contributed by atoms with Crippen LogP contribution in [0.1, 0.15) is 17.4 Å². The standard InChI is InChI=1S/C11H11BrN2O2/c1-2-16-11(15)10-5-7-8(13)3-6(12)4-9(7)14-10/h3-5,14H,2,13H2,1H3. The zero-order chi connectivity index (χ0) is 11.7. The third-order valence-electron chi connectivity index (χ3n) is 2.23. The Kier molecular flexibility index (Phi) is 2.87. The van der Waals surface area contributed by atoms with Gasteiger partial charge in [-0.05, 0) is 25.1 Å². The Bertz CT molecular complexity index is 548. The van der Waals surface area contributed by atoms with Crippen molar-refractivity contribution in [2.75, 3.05) is 12.3 Å². The first-order chi connectivity index (χ1) is 7.61. The highest BCUT2D eigenvalue weighted by Crippen LogP contribution is 2.26. The number of benzene rings is 1. The molecule has 0 spiro atoms. The van der Waals surface area contributed by atoms with Gasteiger partial charge in [-0.3, -0.25) is 0 Å². The van der Waals surface area contributed by atoms with E-state index in [0.717, 1.165) is 15.4 Å². The van der Waals surface area contributed by atoms with Crippen molar-refractivity contribution in [2.45, 2.75) is 6.92 Å². The van der Waals surface area contributed by atoms with E-state index >= 15 is 0 Å². The molecule has 1 aromatic heterocycles. The van der Waals surface area contributed by atoms with E-state index in [0.29, 0.717) is 18.0 Å². The first-order valence-corrected chi connectivity index (χ1v) is 5.66. The number of H-pyrrole nitrogens is 1. The lowest BCUT2D eigenvalue weighted by atomic mass is 10.2. The Hall–Kier alpha value is -1.49. The number of rotatable bonds is 2. The summed E-state index contributed by atoms with van der Waals surface area (Å²) in [7, 11) is 0. The fraction of sp³-hybridized carbons (Fsp3) is 0.182. The number of fused-ring (bicyclic) bond motifs is 1. The van der Waals surface area contributed by atoms with Crippen LogP contribution in [-0.4, -0.2) is 17.6 Å². The lowest BCUT2D eigenvalue weighted by Crippen LogP contribution is -2.04. The maximum Gasteiger partial charge on any atom is 0.354 e. The molecule has 1 heterocycles. The summed E-state index contributed by atoms with van der Waals surface area (Å²) in [5, 5.41) is 0.825. The lowest BCUT2D eigenvalue weighted by Gasteiger charge is -1.96. The molecule has 0 unspecified atom stereocenters. The van der Waals surface area contributed by atoms with Gasteiger partial charge >= 0.3 is 5.97 Å². The number of aromatic amines is 1. The van der Waals surface area contributed by atoms with Crippen molar-refractivity contribution < 1.29 is 9.53 Å². The SMILES string of the molecule is CCOC(=O)c1cc2c(N)cc(Br)cc2[nH]1. The predicted octanol–water partition coefficient (Wildman–Crippen LogP) is 2.69. The number of anilines is 1. The molecule has 0 aliphatic heterocycles. The van der Waals surface area contributed by atoms with Gasteiger partial charge in [0.1, 0.15) is 5.69 Å². The van der Waals surface area contributed by atoms with Crippen molar-refractivity contribution in [3.8, 4) is 0 Å². The number of hydrogen-bond acceptors (Lipinski definition) is 3. The van der Waals surface area contributed by atoms with E-state index in [1.165, 1.54) is 0 Å². The highest BCUT2D eigenvalue weighted by Gasteiger charge is 2.11. The lowest BCUT2D eigenvalue weighted by molar-refractivity contribution is 0.0520. The molecular weight excluding hydrogens is 272 g/mol. The quantitative estimate of drug-likeness (QED) is 0.657. The molecule has 2 rings (SSSR count). The van der Waals surface area contributed by atoms with Crippen molar-refractivity contribution in [1.29, 1.82) is 0 Å². The van der Waals surface area contributed by atoms with Crippen LogP contribution in [0.2, 0.25) is 0 Å². The number of halogens is 1. The fourth-order valence-corrected chi connectivity index (χ4v) is 2.02. The monoisotopic (exact) mass is 282 g/mol. The van der Waals surface area contributed by atoms with Crippen LogP contribution in [0.3, 0.4) is 0 Å². The number of aromatic nitrogens is 1. The Balaban J connectivity index is 2.51. The highest BCUT2D eigenvalue weighted by molar-refractivity contribution is 9.10. The second-order valence-corrected chi connectivity index (χ2v) is 4.28. The largest absolute Gasteiger partial charge is 0.461 e. The van der Waals surface area contributed by atoms with E-state index < -0.39 is 0 Å². The van der Waals surface area contributed by atoms with Crippen LogP contribution in [-0.2, 0) is 4.74 Å². The summed E-state index contributed by atoms with van der Waals surface area (Å²) in [5.41, 5.74) is 7.70. The first kappa shape index (κ1) is 11.0. The number of carbonyl (C=O) groups is 1. The molecule has 0 aliphatic rings. The van der Waals surface area contributed by atoms with E-state index in [-0.39, 0.29) is 5.97 Å². The van der Waals surface area contributed by atoms with Gasteiger partial charge < -0.3 is 15.5 Å². The van der Waals surface area contributed by atoms with Crippen molar-refractivity contribution in [2.24, 2.45) is 0 Å². The second kappa shape index (κ2) is 4.17. The molecule has 5 heteroatoms. The number of hydrogen-bond donors (Lipinski definition) is 2. The number of carbonyl (C=O) groups excluding carboxylic acids is 1. The van der Waals surface area contributed by atoms with Crippen molar-refractivity contribution in [1.82, 2.24) is 4.98 Å². The molecule has 0 saturated heterocycles. The fourth-order valence-electron chi connectivity index (χ4n) is 1.55. The molecule has 0 fully saturated rings. The predicted molar refractivity (Wildman–Crippen MR) is 66.4 cm³/mol. The van der Waals surface area contributed by atoms with E-state index in [4.69, 9.17) is 10.5 Å². The van der Waals surface area contributed by atoms with Crippen LogP contribution < -0.4 is 5.73 Å². The molecule has 0 atom stereocenters. The Morgan fingerprint density at radius 1 is 1.50 bits per heavy atom. The number of nitrogens with two attached hydrogens (primary N) is 1. The Morgan fingerprint density at radius 2 is 2.25 bits per heavy atom. The smallest absolute Gasteiger partial charge is 0.354 e. The van der Waals surface area contributed by atoms with Crippen LogP contribution >= 0.6 is 15.9 Å². The maximum absolute atomic E-state index is 11.5. The number of ether oxygens (including phenoxy) is 1. The Labute approximate surface area is 101 Å². The van der Waals surface area contributed by atoms with Gasteiger partial charge in [0.05, 0.1) is 6.61 Å². The molecule has 0 aliphatic carbocycles. The minimum absolute atomic E-state index is 0.355. The highest BCUT2D eigenvalue weighted by atomic mass is 79.9. The molecular formula is C11H11BrN2O2. The topological polar surface area (TPSA) is 68.1 Å². The summed E-state index contributed by atoms with van der Waals surface area (Å²) in [4.78, 5) is 14.5. The summed E-state index contributed by atoms with van der Waals surface area (Å²) in [6.45, 7) is 2.12. The zero-order valence-corrected chi connectivity index (χ0v) is 10.3. The zero-order valence-electron chi connectivity index (χ0n) is 8.71. The summed E-state index contributed by atoms with van der Waals surface area (Å²) in [6, 6.07) is 5.37. The van der Waals surface area contributed by atoms with Gasteiger partial charge in [0, 0.05) is 21.1 Å². The van der Waals surface area contributed by atoms with Gasteiger partial charge in [-0.25, -0.2) is 4.79 Å². The van der Waals surface area contributed by atoms with Crippen LogP contribution in [0.5, 0.6) is 0 Å². The Morgan fingerprint density at radius 3 is 2.94 bits per heavy atom. The molecule has 16 heavy (non-hydrogen) atoms. The normalized spacial score (nSPS) is 10.6. The number of nitrogen functional groups attached to an aromatic ring is 1. The third kappa shape index (κ3) is 1.90. The minimum atomic E-state index is -0.366. The average Bonchev–Trinajstić information content (AvgIpc) is 2.62. The van der Waals surface area contributed by atoms with Crippen molar-refractivity contribution in [3.63, 3.8) is 0 Å². The maximum atomic E-state index is 11.5. The molecule has 4 nitrogen and oxygen atoms in total. The molecule has 1 aromatic carbocycles. The van der Waals surface area contributed by atoms with Gasteiger partial charge in [0.15, 0.2) is 0 Å². The first-order valence-electron chi connectivity index (χ1n) is 4.86. The molecule has 0 saturated carbocycles. The minimum Gasteiger partial charge on any atom is -0.461 e. The van der Waals surface area contributed by atoms with Gasteiger partial charge in [-0.15, -0.1) is 0 Å². The van der Waals surface area contributed by atoms with Gasteiger partial charge in [-0.2, -0.15) is 0 Å². The molecule has 2 aromatic rings. The second-order valence-electron chi connectivity index (χ2n) is 3.36. The molecule has 0 amide bonds. The van der Waals surface area contributed by atoms with Crippen LogP contribution in [0.25, 0.3) is 10.9 Å². The van der Waals surface area contributed by atoms with Crippen LogP contribution in [0.15, 0.2) is 22.7 Å². The van der Waals surface area contributed by atoms with E-state index in [1.54, 1.807) is 19.1 Å². The number of esters is 1.